The highest BCUT2D eigenvalue weighted by atomic mass is 16.6. The zero-order chi connectivity index (χ0) is 24.0. The molecule has 0 spiro atoms. The number of carbonyl (C=O) groups excluding carboxylic acids is 1. The fourth-order valence-corrected chi connectivity index (χ4v) is 4.78. The van der Waals surface area contributed by atoms with Gasteiger partial charge in [0.15, 0.2) is 0 Å². The first kappa shape index (κ1) is 23.4. The first-order valence-corrected chi connectivity index (χ1v) is 11.5. The summed E-state index contributed by atoms with van der Waals surface area (Å²) in [5, 5.41) is 10.6. The Morgan fingerprint density at radius 3 is 2.18 bits per heavy atom. The summed E-state index contributed by atoms with van der Waals surface area (Å²) in [6.07, 6.45) is 1.36. The highest BCUT2D eigenvalue weighted by molar-refractivity contribution is 5.86. The molecule has 3 aromatic carbocycles. The van der Waals surface area contributed by atoms with E-state index in [9.17, 15) is 14.7 Å². The van der Waals surface area contributed by atoms with E-state index in [1.54, 1.807) is 36.3 Å². The van der Waals surface area contributed by atoms with Crippen molar-refractivity contribution in [2.45, 2.75) is 37.3 Å². The van der Waals surface area contributed by atoms with Gasteiger partial charge in [-0.3, -0.25) is 4.79 Å². The van der Waals surface area contributed by atoms with Gasteiger partial charge in [-0.2, -0.15) is 0 Å². The maximum atomic E-state index is 13.0. The van der Waals surface area contributed by atoms with Gasteiger partial charge in [-0.15, -0.1) is 0 Å². The lowest BCUT2D eigenvalue weighted by atomic mass is 9.70. The Hall–Kier alpha value is -3.80. The molecule has 1 amide bonds. The van der Waals surface area contributed by atoms with E-state index in [1.807, 2.05) is 60.7 Å². The van der Waals surface area contributed by atoms with E-state index in [-0.39, 0.29) is 19.1 Å². The van der Waals surface area contributed by atoms with Crippen LogP contribution in [0.4, 0.5) is 4.79 Å². The molecular weight excluding hydrogens is 430 g/mol. The van der Waals surface area contributed by atoms with Crippen LogP contribution in [-0.2, 0) is 21.6 Å². The fourth-order valence-electron chi connectivity index (χ4n) is 4.78. The van der Waals surface area contributed by atoms with Gasteiger partial charge >= 0.3 is 12.1 Å². The highest BCUT2D eigenvalue weighted by Gasteiger charge is 2.46. The monoisotopic (exact) mass is 459 g/mol. The average molecular weight is 460 g/mol. The number of benzene rings is 3. The van der Waals surface area contributed by atoms with Crippen LogP contribution in [0.5, 0.6) is 5.75 Å². The number of nitrogens with zero attached hydrogens (tertiary/aromatic N) is 1. The summed E-state index contributed by atoms with van der Waals surface area (Å²) in [6, 6.07) is 25.6. The number of aliphatic carboxylic acids is 1. The van der Waals surface area contributed by atoms with Crippen LogP contribution in [0.15, 0.2) is 84.9 Å². The highest BCUT2D eigenvalue weighted by Crippen LogP contribution is 2.41. The van der Waals surface area contributed by atoms with Gasteiger partial charge in [-0.05, 0) is 48.1 Å². The van der Waals surface area contributed by atoms with Gasteiger partial charge in [-0.1, -0.05) is 72.8 Å². The van der Waals surface area contributed by atoms with Gasteiger partial charge in [0.1, 0.15) is 17.8 Å². The fraction of sp³-hybridized carbons (Fsp3) is 0.286. The minimum absolute atomic E-state index is 0.185. The smallest absolute Gasteiger partial charge is 0.410 e. The first-order chi connectivity index (χ1) is 16.5. The Morgan fingerprint density at radius 2 is 1.56 bits per heavy atom. The third-order valence-corrected chi connectivity index (χ3v) is 6.57. The van der Waals surface area contributed by atoms with Crippen molar-refractivity contribution >= 4 is 12.1 Å². The van der Waals surface area contributed by atoms with E-state index in [0.29, 0.717) is 23.4 Å². The van der Waals surface area contributed by atoms with Crippen molar-refractivity contribution in [3.63, 3.8) is 0 Å². The van der Waals surface area contributed by atoms with Crippen molar-refractivity contribution in [1.82, 2.24) is 4.90 Å². The van der Waals surface area contributed by atoms with Gasteiger partial charge in [-0.25, -0.2) is 4.79 Å². The number of carbonyl (C=O) groups is 2. The van der Waals surface area contributed by atoms with Crippen molar-refractivity contribution in [2.24, 2.45) is 0 Å². The van der Waals surface area contributed by atoms with Crippen molar-refractivity contribution < 1.29 is 24.2 Å². The average Bonchev–Trinajstić information content (AvgIpc) is 3.35. The molecule has 0 bridgehead atoms. The van der Waals surface area contributed by atoms with Crippen LogP contribution in [0.3, 0.4) is 0 Å². The van der Waals surface area contributed by atoms with Crippen LogP contribution >= 0.6 is 0 Å². The van der Waals surface area contributed by atoms with Crippen molar-refractivity contribution in [3.8, 4) is 5.75 Å². The Balaban J connectivity index is 1.63. The van der Waals surface area contributed by atoms with E-state index in [4.69, 9.17) is 9.47 Å². The molecule has 3 aromatic rings. The van der Waals surface area contributed by atoms with Gasteiger partial charge in [0.25, 0.3) is 0 Å². The second-order valence-corrected chi connectivity index (χ2v) is 8.54. The number of carboxylic acids is 1. The molecule has 1 aliphatic heterocycles. The number of carboxylic acid groups (broad SMARTS) is 1. The number of ether oxygens (including phenoxy) is 2. The molecule has 2 atom stereocenters. The summed E-state index contributed by atoms with van der Waals surface area (Å²) in [5.74, 6) is -0.295. The second-order valence-electron chi connectivity index (χ2n) is 8.54. The molecule has 1 heterocycles. The summed E-state index contributed by atoms with van der Waals surface area (Å²) in [6.45, 7) is 0.732. The van der Waals surface area contributed by atoms with Crippen LogP contribution in [-0.4, -0.2) is 41.8 Å². The summed E-state index contributed by atoms with van der Waals surface area (Å²) in [7, 11) is 1.58. The van der Waals surface area contributed by atoms with Crippen LogP contribution < -0.4 is 4.74 Å². The number of hydrogen-bond donors (Lipinski definition) is 1. The summed E-state index contributed by atoms with van der Waals surface area (Å²) < 4.78 is 10.9. The van der Waals surface area contributed by atoms with E-state index < -0.39 is 17.5 Å². The maximum Gasteiger partial charge on any atom is 0.410 e. The second kappa shape index (κ2) is 10.4. The third kappa shape index (κ3) is 4.76. The van der Waals surface area contributed by atoms with E-state index >= 15 is 0 Å². The summed E-state index contributed by atoms with van der Waals surface area (Å²) in [5.41, 5.74) is 0.920. The molecule has 6 heteroatoms. The first-order valence-electron chi connectivity index (χ1n) is 11.5. The van der Waals surface area contributed by atoms with Crippen LogP contribution in [0.25, 0.3) is 0 Å². The lowest BCUT2D eigenvalue weighted by Crippen LogP contribution is -2.45. The SMILES string of the molecule is COc1ccc(C(CC2CCCN2C(=O)OCc2ccccc2)(C(=O)O)c2ccccc2)cc1. The Bertz CT molecular complexity index is 1100. The van der Waals surface area contributed by atoms with E-state index in [0.717, 1.165) is 18.4 Å². The molecule has 0 aromatic heterocycles. The van der Waals surface area contributed by atoms with Crippen molar-refractivity contribution in [1.29, 1.82) is 0 Å². The van der Waals surface area contributed by atoms with E-state index in [2.05, 4.69) is 0 Å². The van der Waals surface area contributed by atoms with Crippen molar-refractivity contribution in [3.05, 3.63) is 102 Å². The molecule has 0 saturated carbocycles. The van der Waals surface area contributed by atoms with E-state index in [1.165, 1.54) is 0 Å². The van der Waals surface area contributed by atoms with Crippen LogP contribution in [0.2, 0.25) is 0 Å². The number of methoxy groups -OCH3 is 1. The lowest BCUT2D eigenvalue weighted by Gasteiger charge is -2.36. The molecule has 4 rings (SSSR count). The minimum Gasteiger partial charge on any atom is -0.497 e. The van der Waals surface area contributed by atoms with Crippen LogP contribution in [0.1, 0.15) is 36.0 Å². The van der Waals surface area contributed by atoms with Gasteiger partial charge in [0.05, 0.1) is 7.11 Å². The zero-order valence-corrected chi connectivity index (χ0v) is 19.2. The molecule has 0 radical (unpaired) electrons. The molecule has 0 aliphatic carbocycles. The zero-order valence-electron chi connectivity index (χ0n) is 19.2. The predicted molar refractivity (Wildman–Crippen MR) is 129 cm³/mol. The predicted octanol–water partition coefficient (Wildman–Crippen LogP) is 5.26. The minimum atomic E-state index is -1.32. The number of amides is 1. The summed E-state index contributed by atoms with van der Waals surface area (Å²) >= 11 is 0. The molecule has 1 saturated heterocycles. The standard InChI is InChI=1S/C28H29NO5/c1-33-25-16-14-23(15-17-25)28(26(30)31,22-11-6-3-7-12-22)19-24-13-8-18-29(24)27(32)34-20-21-9-4-2-5-10-21/h2-7,9-12,14-17,24H,8,13,18-20H2,1H3,(H,30,31). The summed E-state index contributed by atoms with van der Waals surface area (Å²) in [4.78, 5) is 27.7. The largest absolute Gasteiger partial charge is 0.497 e. The van der Waals surface area contributed by atoms with Gasteiger partial charge in [0.2, 0.25) is 0 Å². The molecule has 34 heavy (non-hydrogen) atoms. The molecule has 1 N–H and O–H groups in total. The number of likely N-dealkylation sites (tertiary alicyclic amines) is 1. The molecule has 1 aliphatic rings. The molecule has 176 valence electrons. The van der Waals surface area contributed by atoms with Crippen molar-refractivity contribution in [2.75, 3.05) is 13.7 Å². The van der Waals surface area contributed by atoms with Crippen LogP contribution in [0, 0.1) is 0 Å². The number of hydrogen-bond acceptors (Lipinski definition) is 4. The Kier molecular flexibility index (Phi) is 7.16. The molecule has 2 unspecified atom stereocenters. The quantitative estimate of drug-likeness (QED) is 0.497. The normalized spacial score (nSPS) is 17.1. The lowest BCUT2D eigenvalue weighted by molar-refractivity contribution is -0.143. The third-order valence-electron chi connectivity index (χ3n) is 6.57. The molecule has 1 fully saturated rings. The Morgan fingerprint density at radius 1 is 0.941 bits per heavy atom. The topological polar surface area (TPSA) is 76.1 Å². The molecule has 6 nitrogen and oxygen atoms in total. The number of rotatable bonds is 8. The van der Waals surface area contributed by atoms with Gasteiger partial charge in [0, 0.05) is 12.6 Å². The maximum absolute atomic E-state index is 13.0. The van der Waals surface area contributed by atoms with Gasteiger partial charge < -0.3 is 19.5 Å². The Labute approximate surface area is 199 Å². The molecular formula is C28H29NO5.